The standard InChI is InChI=1S/C13H23N3O2/c1-2-3-12(5-9-17)10-15-13(18)4-7-16-8-6-14-11-16/h6,8,11-12,17H,2-5,7,9-10H2,1H3,(H,15,18). The Morgan fingerprint density at radius 3 is 2.94 bits per heavy atom. The third kappa shape index (κ3) is 5.82. The number of nitrogens with one attached hydrogen (secondary N) is 1. The summed E-state index contributed by atoms with van der Waals surface area (Å²) in [5, 5.41) is 11.9. The van der Waals surface area contributed by atoms with Crippen molar-refractivity contribution in [1.29, 1.82) is 0 Å². The molecule has 0 saturated carbocycles. The van der Waals surface area contributed by atoms with E-state index in [4.69, 9.17) is 5.11 Å². The Hall–Kier alpha value is -1.36. The van der Waals surface area contributed by atoms with Crippen molar-refractivity contribution in [3.8, 4) is 0 Å². The minimum atomic E-state index is 0.0581. The Kier molecular flexibility index (Phi) is 7.10. The SMILES string of the molecule is CCCC(CCO)CNC(=O)CCn1ccnc1. The van der Waals surface area contributed by atoms with Gasteiger partial charge in [-0.2, -0.15) is 0 Å². The third-order valence-electron chi connectivity index (χ3n) is 2.98. The highest BCUT2D eigenvalue weighted by atomic mass is 16.3. The van der Waals surface area contributed by atoms with E-state index < -0.39 is 0 Å². The van der Waals surface area contributed by atoms with Gasteiger partial charge in [0.1, 0.15) is 0 Å². The van der Waals surface area contributed by atoms with Crippen molar-refractivity contribution in [2.24, 2.45) is 5.92 Å². The lowest BCUT2D eigenvalue weighted by atomic mass is 10.0. The molecule has 0 radical (unpaired) electrons. The zero-order valence-corrected chi connectivity index (χ0v) is 11.0. The lowest BCUT2D eigenvalue weighted by molar-refractivity contribution is -0.121. The van der Waals surface area contributed by atoms with Crippen molar-refractivity contribution in [2.45, 2.75) is 39.2 Å². The molecule has 18 heavy (non-hydrogen) atoms. The molecule has 1 aromatic rings. The van der Waals surface area contributed by atoms with Gasteiger partial charge in [0.2, 0.25) is 5.91 Å². The molecule has 1 atom stereocenters. The summed E-state index contributed by atoms with van der Waals surface area (Å²) in [6.07, 6.45) is 8.61. The van der Waals surface area contributed by atoms with Crippen LogP contribution in [-0.4, -0.2) is 33.7 Å². The van der Waals surface area contributed by atoms with Gasteiger partial charge in [0.25, 0.3) is 0 Å². The summed E-state index contributed by atoms with van der Waals surface area (Å²) >= 11 is 0. The fourth-order valence-corrected chi connectivity index (χ4v) is 1.94. The normalized spacial score (nSPS) is 12.3. The molecule has 1 heterocycles. The number of rotatable bonds is 9. The van der Waals surface area contributed by atoms with Crippen molar-refractivity contribution < 1.29 is 9.90 Å². The number of aryl methyl sites for hydroxylation is 1. The van der Waals surface area contributed by atoms with Gasteiger partial charge in [-0.15, -0.1) is 0 Å². The number of carbonyl (C=O) groups excluding carboxylic acids is 1. The molecule has 0 aromatic carbocycles. The molecule has 2 N–H and O–H groups in total. The number of imidazole rings is 1. The topological polar surface area (TPSA) is 67.2 Å². The number of nitrogens with zero attached hydrogens (tertiary/aromatic N) is 2. The molecule has 1 amide bonds. The van der Waals surface area contributed by atoms with E-state index in [9.17, 15) is 4.79 Å². The van der Waals surface area contributed by atoms with Crippen molar-refractivity contribution in [3.05, 3.63) is 18.7 Å². The molecule has 102 valence electrons. The first kappa shape index (κ1) is 14.7. The van der Waals surface area contributed by atoms with Crippen LogP contribution in [0.2, 0.25) is 0 Å². The number of aliphatic hydroxyl groups excluding tert-OH is 1. The Morgan fingerprint density at radius 2 is 2.33 bits per heavy atom. The van der Waals surface area contributed by atoms with E-state index in [1.807, 2.05) is 10.8 Å². The van der Waals surface area contributed by atoms with Crippen molar-refractivity contribution in [3.63, 3.8) is 0 Å². The fourth-order valence-electron chi connectivity index (χ4n) is 1.94. The van der Waals surface area contributed by atoms with Crippen LogP contribution < -0.4 is 5.32 Å². The van der Waals surface area contributed by atoms with Gasteiger partial charge >= 0.3 is 0 Å². The van der Waals surface area contributed by atoms with Gasteiger partial charge in [0.05, 0.1) is 6.33 Å². The monoisotopic (exact) mass is 253 g/mol. The molecule has 0 aliphatic carbocycles. The molecule has 1 rings (SSSR count). The predicted molar refractivity (Wildman–Crippen MR) is 70.0 cm³/mol. The highest BCUT2D eigenvalue weighted by Gasteiger charge is 2.09. The summed E-state index contributed by atoms with van der Waals surface area (Å²) < 4.78 is 1.89. The molecule has 5 nitrogen and oxygen atoms in total. The molecule has 0 spiro atoms. The number of hydrogen-bond acceptors (Lipinski definition) is 3. The molecule has 0 bridgehead atoms. The average Bonchev–Trinajstić information content (AvgIpc) is 2.87. The molecular formula is C13H23N3O2. The van der Waals surface area contributed by atoms with Crippen LogP contribution in [0, 0.1) is 5.92 Å². The smallest absolute Gasteiger partial charge is 0.221 e. The van der Waals surface area contributed by atoms with Crippen molar-refractivity contribution in [1.82, 2.24) is 14.9 Å². The molecule has 0 fully saturated rings. The van der Waals surface area contributed by atoms with Crippen LogP contribution >= 0.6 is 0 Å². The van der Waals surface area contributed by atoms with Crippen LogP contribution in [-0.2, 0) is 11.3 Å². The van der Waals surface area contributed by atoms with Crippen molar-refractivity contribution >= 4 is 5.91 Å². The van der Waals surface area contributed by atoms with E-state index in [2.05, 4.69) is 17.2 Å². The summed E-state index contributed by atoms with van der Waals surface area (Å²) in [6.45, 7) is 3.63. The lowest BCUT2D eigenvalue weighted by Crippen LogP contribution is -2.30. The molecular weight excluding hydrogens is 230 g/mol. The van der Waals surface area contributed by atoms with E-state index in [0.717, 1.165) is 19.3 Å². The van der Waals surface area contributed by atoms with E-state index in [-0.39, 0.29) is 12.5 Å². The highest BCUT2D eigenvalue weighted by Crippen LogP contribution is 2.09. The van der Waals surface area contributed by atoms with Crippen LogP contribution in [0.1, 0.15) is 32.6 Å². The maximum absolute atomic E-state index is 11.6. The van der Waals surface area contributed by atoms with Gasteiger partial charge in [0, 0.05) is 38.5 Å². The van der Waals surface area contributed by atoms with E-state index in [1.54, 1.807) is 12.5 Å². The third-order valence-corrected chi connectivity index (χ3v) is 2.98. The first-order chi connectivity index (χ1) is 8.76. The Morgan fingerprint density at radius 1 is 1.50 bits per heavy atom. The first-order valence-electron chi connectivity index (χ1n) is 6.59. The average molecular weight is 253 g/mol. The second-order valence-electron chi connectivity index (χ2n) is 4.52. The Labute approximate surface area is 108 Å². The largest absolute Gasteiger partial charge is 0.396 e. The highest BCUT2D eigenvalue weighted by molar-refractivity contribution is 5.75. The van der Waals surface area contributed by atoms with Crippen LogP contribution in [0.15, 0.2) is 18.7 Å². The number of aromatic nitrogens is 2. The lowest BCUT2D eigenvalue weighted by Gasteiger charge is -2.15. The molecule has 1 unspecified atom stereocenters. The van der Waals surface area contributed by atoms with Gasteiger partial charge in [-0.05, 0) is 18.8 Å². The minimum Gasteiger partial charge on any atom is -0.396 e. The fraction of sp³-hybridized carbons (Fsp3) is 0.692. The Balaban J connectivity index is 2.18. The van der Waals surface area contributed by atoms with Gasteiger partial charge in [-0.25, -0.2) is 4.98 Å². The number of amides is 1. The number of hydrogen-bond donors (Lipinski definition) is 2. The zero-order valence-electron chi connectivity index (χ0n) is 11.0. The molecule has 0 aliphatic heterocycles. The second kappa shape index (κ2) is 8.69. The van der Waals surface area contributed by atoms with Gasteiger partial charge in [-0.1, -0.05) is 13.3 Å². The van der Waals surface area contributed by atoms with Gasteiger partial charge < -0.3 is 15.0 Å². The van der Waals surface area contributed by atoms with Crippen LogP contribution in [0.5, 0.6) is 0 Å². The maximum atomic E-state index is 11.6. The molecule has 0 aliphatic rings. The van der Waals surface area contributed by atoms with Crippen LogP contribution in [0.3, 0.4) is 0 Å². The van der Waals surface area contributed by atoms with Gasteiger partial charge in [0.15, 0.2) is 0 Å². The Bertz CT molecular complexity index is 319. The zero-order chi connectivity index (χ0) is 13.2. The van der Waals surface area contributed by atoms with E-state index in [0.29, 0.717) is 25.4 Å². The summed E-state index contributed by atoms with van der Waals surface area (Å²) in [6, 6.07) is 0. The van der Waals surface area contributed by atoms with Crippen LogP contribution in [0.25, 0.3) is 0 Å². The summed E-state index contributed by atoms with van der Waals surface area (Å²) in [4.78, 5) is 15.6. The van der Waals surface area contributed by atoms with Gasteiger partial charge in [-0.3, -0.25) is 4.79 Å². The molecule has 1 aromatic heterocycles. The van der Waals surface area contributed by atoms with Crippen molar-refractivity contribution in [2.75, 3.05) is 13.2 Å². The van der Waals surface area contributed by atoms with Crippen LogP contribution in [0.4, 0.5) is 0 Å². The summed E-state index contributed by atoms with van der Waals surface area (Å²) in [5.41, 5.74) is 0. The number of carbonyl (C=O) groups is 1. The second-order valence-corrected chi connectivity index (χ2v) is 4.52. The number of aliphatic hydroxyl groups is 1. The summed E-state index contributed by atoms with van der Waals surface area (Å²) in [5.74, 6) is 0.444. The quantitative estimate of drug-likeness (QED) is 0.694. The predicted octanol–water partition coefficient (Wildman–Crippen LogP) is 1.19. The summed E-state index contributed by atoms with van der Waals surface area (Å²) in [7, 11) is 0. The van der Waals surface area contributed by atoms with E-state index in [1.165, 1.54) is 0 Å². The molecule has 5 heteroatoms. The minimum absolute atomic E-state index is 0.0581. The maximum Gasteiger partial charge on any atom is 0.221 e. The molecule has 0 saturated heterocycles. The van der Waals surface area contributed by atoms with E-state index >= 15 is 0 Å². The first-order valence-corrected chi connectivity index (χ1v) is 6.59.